The van der Waals surface area contributed by atoms with E-state index in [2.05, 4.69) is 5.32 Å². The van der Waals surface area contributed by atoms with E-state index in [9.17, 15) is 9.59 Å². The van der Waals surface area contributed by atoms with Crippen molar-refractivity contribution in [1.29, 1.82) is 0 Å². The third-order valence-electron chi connectivity index (χ3n) is 4.46. The molecule has 0 saturated heterocycles. The fourth-order valence-corrected chi connectivity index (χ4v) is 3.02. The maximum atomic E-state index is 13.1. The quantitative estimate of drug-likeness (QED) is 0.731. The van der Waals surface area contributed by atoms with Gasteiger partial charge in [-0.3, -0.25) is 9.59 Å². The number of hydrogen-bond donors (Lipinski definition) is 1. The number of carbonyl (C=O) groups is 2. The maximum Gasteiger partial charge on any atom is 0.261 e. The maximum absolute atomic E-state index is 13.1. The van der Waals surface area contributed by atoms with Crippen molar-refractivity contribution in [2.45, 2.75) is 59.2 Å². The van der Waals surface area contributed by atoms with Crippen LogP contribution in [-0.4, -0.2) is 34.9 Å². The van der Waals surface area contributed by atoms with E-state index in [1.807, 2.05) is 89.2 Å². The summed E-state index contributed by atoms with van der Waals surface area (Å²) in [5, 5.41) is 3.00. The average Bonchev–Trinajstić information content (AvgIpc) is 2.66. The van der Waals surface area contributed by atoms with Gasteiger partial charge in [-0.05, 0) is 51.8 Å². The highest BCUT2D eigenvalue weighted by molar-refractivity contribution is 5.88. The Hall–Kier alpha value is -2.82. The highest BCUT2D eigenvalue weighted by Gasteiger charge is 2.30. The zero-order valence-corrected chi connectivity index (χ0v) is 18.1. The minimum atomic E-state index is -0.566. The summed E-state index contributed by atoms with van der Waals surface area (Å²) in [6.45, 7) is 9.95. The summed E-state index contributed by atoms with van der Waals surface area (Å²) in [5.41, 5.74) is 1.72. The third-order valence-corrected chi connectivity index (χ3v) is 4.46. The lowest BCUT2D eigenvalue weighted by Gasteiger charge is -2.33. The monoisotopic (exact) mass is 396 g/mol. The van der Waals surface area contributed by atoms with Crippen LogP contribution in [0.15, 0.2) is 54.6 Å². The molecule has 2 aromatic carbocycles. The highest BCUT2D eigenvalue weighted by atomic mass is 16.5. The second-order valence-electron chi connectivity index (χ2n) is 8.27. The van der Waals surface area contributed by atoms with E-state index in [1.165, 1.54) is 0 Å². The van der Waals surface area contributed by atoms with E-state index in [1.54, 1.807) is 4.90 Å². The molecule has 0 spiro atoms. The zero-order chi connectivity index (χ0) is 21.4. The van der Waals surface area contributed by atoms with Gasteiger partial charge in [-0.25, -0.2) is 0 Å². The molecule has 0 radical (unpaired) electrons. The summed E-state index contributed by atoms with van der Waals surface area (Å²) in [6, 6.07) is 16.7. The van der Waals surface area contributed by atoms with Crippen molar-refractivity contribution < 1.29 is 14.3 Å². The summed E-state index contributed by atoms with van der Waals surface area (Å²) < 4.78 is 5.69. The number of carbonyl (C=O) groups excluding carboxylic acids is 2. The molecule has 1 atom stereocenters. The normalized spacial score (nSPS) is 12.2. The van der Waals surface area contributed by atoms with Gasteiger partial charge in [0.05, 0.1) is 0 Å². The van der Waals surface area contributed by atoms with Crippen LogP contribution in [0.25, 0.3) is 0 Å². The van der Waals surface area contributed by atoms with Gasteiger partial charge in [-0.2, -0.15) is 0 Å². The van der Waals surface area contributed by atoms with Gasteiger partial charge in [-0.1, -0.05) is 55.0 Å². The predicted molar refractivity (Wildman–Crippen MR) is 116 cm³/mol. The Kier molecular flexibility index (Phi) is 7.82. The Labute approximate surface area is 174 Å². The van der Waals surface area contributed by atoms with Gasteiger partial charge in [0.15, 0.2) is 6.61 Å². The number of aryl methyl sites for hydroxylation is 1. The lowest BCUT2D eigenvalue weighted by molar-refractivity contribution is -0.143. The molecule has 5 heteroatoms. The van der Waals surface area contributed by atoms with Crippen molar-refractivity contribution >= 4 is 11.8 Å². The molecule has 29 heavy (non-hydrogen) atoms. The second kappa shape index (κ2) is 10.1. The van der Waals surface area contributed by atoms with Crippen LogP contribution in [0.2, 0.25) is 0 Å². The number of rotatable bonds is 8. The first-order valence-electron chi connectivity index (χ1n) is 10.0. The van der Waals surface area contributed by atoms with Crippen LogP contribution in [0.3, 0.4) is 0 Å². The smallest absolute Gasteiger partial charge is 0.261 e. The van der Waals surface area contributed by atoms with E-state index in [-0.39, 0.29) is 24.0 Å². The summed E-state index contributed by atoms with van der Waals surface area (Å²) >= 11 is 0. The van der Waals surface area contributed by atoms with Gasteiger partial charge in [0.2, 0.25) is 5.91 Å². The molecule has 0 fully saturated rings. The van der Waals surface area contributed by atoms with Crippen molar-refractivity contribution in [2.24, 2.45) is 0 Å². The standard InChI is InChI=1S/C24H32N2O3/c1-6-21(23(28)25-24(3,4)5)26(16-19-10-8-7-9-11-19)22(27)17-29-20-14-12-18(2)13-15-20/h7-15,21H,6,16-17H2,1-5H3,(H,25,28)/t21-/m1/s1. The first kappa shape index (κ1) is 22.5. The second-order valence-corrected chi connectivity index (χ2v) is 8.27. The summed E-state index contributed by atoms with van der Waals surface area (Å²) in [5.74, 6) is 0.265. The van der Waals surface area contributed by atoms with Crippen LogP contribution in [0.4, 0.5) is 0 Å². The SMILES string of the molecule is CC[C@H](C(=O)NC(C)(C)C)N(Cc1ccccc1)C(=O)COc1ccc(C)cc1. The molecule has 5 nitrogen and oxygen atoms in total. The Morgan fingerprint density at radius 3 is 2.21 bits per heavy atom. The molecule has 2 rings (SSSR count). The Morgan fingerprint density at radius 1 is 1.03 bits per heavy atom. The van der Waals surface area contributed by atoms with E-state index in [0.29, 0.717) is 18.7 Å². The molecule has 0 heterocycles. The lowest BCUT2D eigenvalue weighted by atomic mass is 10.1. The molecule has 0 aromatic heterocycles. The molecular weight excluding hydrogens is 364 g/mol. The zero-order valence-electron chi connectivity index (χ0n) is 18.1. The number of ether oxygens (including phenoxy) is 1. The number of benzene rings is 2. The molecule has 0 saturated carbocycles. The van der Waals surface area contributed by atoms with Gasteiger partial charge in [0, 0.05) is 12.1 Å². The third kappa shape index (κ3) is 7.26. The minimum Gasteiger partial charge on any atom is -0.484 e. The summed E-state index contributed by atoms with van der Waals surface area (Å²) in [7, 11) is 0. The fourth-order valence-electron chi connectivity index (χ4n) is 3.02. The van der Waals surface area contributed by atoms with Gasteiger partial charge >= 0.3 is 0 Å². The highest BCUT2D eigenvalue weighted by Crippen LogP contribution is 2.16. The van der Waals surface area contributed by atoms with Crippen molar-refractivity contribution in [2.75, 3.05) is 6.61 Å². The molecule has 2 aromatic rings. The summed E-state index contributed by atoms with van der Waals surface area (Å²) in [4.78, 5) is 27.6. The van der Waals surface area contributed by atoms with Crippen LogP contribution in [-0.2, 0) is 16.1 Å². The van der Waals surface area contributed by atoms with Gasteiger partial charge in [-0.15, -0.1) is 0 Å². The van der Waals surface area contributed by atoms with Crippen molar-refractivity contribution in [3.05, 3.63) is 65.7 Å². The largest absolute Gasteiger partial charge is 0.484 e. The van der Waals surface area contributed by atoms with E-state index < -0.39 is 6.04 Å². The molecular formula is C24H32N2O3. The first-order chi connectivity index (χ1) is 13.7. The minimum absolute atomic E-state index is 0.116. The van der Waals surface area contributed by atoms with Gasteiger partial charge in [0.25, 0.3) is 5.91 Å². The predicted octanol–water partition coefficient (Wildman–Crippen LogP) is 4.10. The van der Waals surface area contributed by atoms with Crippen molar-refractivity contribution in [3.8, 4) is 5.75 Å². The van der Waals surface area contributed by atoms with Crippen LogP contribution < -0.4 is 10.1 Å². The molecule has 0 aliphatic heterocycles. The van der Waals surface area contributed by atoms with Crippen molar-refractivity contribution in [1.82, 2.24) is 10.2 Å². The molecule has 0 unspecified atom stereocenters. The fraction of sp³-hybridized carbons (Fsp3) is 0.417. The first-order valence-corrected chi connectivity index (χ1v) is 10.0. The van der Waals surface area contributed by atoms with Crippen LogP contribution in [0, 0.1) is 6.92 Å². The Balaban J connectivity index is 2.19. The number of nitrogens with zero attached hydrogens (tertiary/aromatic N) is 1. The van der Waals surface area contributed by atoms with Crippen LogP contribution >= 0.6 is 0 Å². The summed E-state index contributed by atoms with van der Waals surface area (Å²) in [6.07, 6.45) is 0.519. The molecule has 0 bridgehead atoms. The number of nitrogens with one attached hydrogen (secondary N) is 1. The molecule has 156 valence electrons. The van der Waals surface area contributed by atoms with Crippen LogP contribution in [0.1, 0.15) is 45.2 Å². The molecule has 2 amide bonds. The van der Waals surface area contributed by atoms with Gasteiger partial charge in [0.1, 0.15) is 11.8 Å². The van der Waals surface area contributed by atoms with Crippen LogP contribution in [0.5, 0.6) is 5.75 Å². The van der Waals surface area contributed by atoms with Crippen molar-refractivity contribution in [3.63, 3.8) is 0 Å². The molecule has 1 N–H and O–H groups in total. The van der Waals surface area contributed by atoms with E-state index in [0.717, 1.165) is 11.1 Å². The van der Waals surface area contributed by atoms with Gasteiger partial charge < -0.3 is 15.0 Å². The van der Waals surface area contributed by atoms with E-state index >= 15 is 0 Å². The molecule has 0 aliphatic rings. The Morgan fingerprint density at radius 2 is 1.66 bits per heavy atom. The van der Waals surface area contributed by atoms with E-state index in [4.69, 9.17) is 4.74 Å². The topological polar surface area (TPSA) is 58.6 Å². The Bertz CT molecular complexity index is 795. The molecule has 0 aliphatic carbocycles. The number of hydrogen-bond acceptors (Lipinski definition) is 3. The average molecular weight is 397 g/mol. The lowest BCUT2D eigenvalue weighted by Crippen LogP contribution is -2.54. The number of amides is 2.